The average molecular weight is 315 g/mol. The van der Waals surface area contributed by atoms with Crippen LogP contribution in [0.5, 0.6) is 5.75 Å². The Hall–Kier alpha value is -1.81. The molecule has 1 saturated heterocycles. The van der Waals surface area contributed by atoms with Crippen LogP contribution in [0, 0.1) is 13.8 Å². The van der Waals surface area contributed by atoms with Gasteiger partial charge in [-0.05, 0) is 49.3 Å². The summed E-state index contributed by atoms with van der Waals surface area (Å²) in [7, 11) is 0. The van der Waals surface area contributed by atoms with Crippen molar-refractivity contribution >= 4 is 17.2 Å². The molecule has 22 heavy (non-hydrogen) atoms. The third kappa shape index (κ3) is 3.17. The molecule has 0 N–H and O–H groups in total. The zero-order valence-electron chi connectivity index (χ0n) is 13.1. The summed E-state index contributed by atoms with van der Waals surface area (Å²) in [5.41, 5.74) is 3.35. The van der Waals surface area contributed by atoms with Gasteiger partial charge in [-0.1, -0.05) is 18.2 Å². The fourth-order valence-corrected chi connectivity index (χ4v) is 3.69. The zero-order chi connectivity index (χ0) is 15.5. The molecule has 1 fully saturated rings. The molecule has 1 aromatic heterocycles. The first-order valence-corrected chi connectivity index (χ1v) is 8.59. The van der Waals surface area contributed by atoms with Crippen molar-refractivity contribution in [1.29, 1.82) is 0 Å². The second kappa shape index (κ2) is 6.53. The number of carbonyl (C=O) groups is 1. The van der Waals surface area contributed by atoms with Crippen molar-refractivity contribution in [3.8, 4) is 5.75 Å². The van der Waals surface area contributed by atoms with Gasteiger partial charge in [-0.3, -0.25) is 4.79 Å². The molecular formula is C18H21NO2S. The highest BCUT2D eigenvalue weighted by molar-refractivity contribution is 7.12. The van der Waals surface area contributed by atoms with Gasteiger partial charge in [0.2, 0.25) is 0 Å². The molecule has 0 spiro atoms. The fraction of sp³-hybridized carbons (Fsp3) is 0.389. The van der Waals surface area contributed by atoms with Gasteiger partial charge in [-0.15, -0.1) is 11.3 Å². The highest BCUT2D eigenvalue weighted by atomic mass is 32.1. The van der Waals surface area contributed by atoms with Crippen molar-refractivity contribution in [2.75, 3.05) is 13.1 Å². The molecule has 0 bridgehead atoms. The van der Waals surface area contributed by atoms with Gasteiger partial charge < -0.3 is 9.64 Å². The summed E-state index contributed by atoms with van der Waals surface area (Å²) in [5.74, 6) is 1.11. The number of nitrogens with zero attached hydrogens (tertiary/aromatic N) is 1. The molecule has 4 heteroatoms. The lowest BCUT2D eigenvalue weighted by molar-refractivity contribution is 0.0797. The van der Waals surface area contributed by atoms with Crippen molar-refractivity contribution < 1.29 is 9.53 Å². The van der Waals surface area contributed by atoms with E-state index in [1.165, 1.54) is 11.3 Å². The van der Waals surface area contributed by atoms with Gasteiger partial charge in [-0.25, -0.2) is 0 Å². The van der Waals surface area contributed by atoms with Gasteiger partial charge in [0.1, 0.15) is 12.4 Å². The Morgan fingerprint density at radius 2 is 1.91 bits per heavy atom. The predicted molar refractivity (Wildman–Crippen MR) is 89.7 cm³/mol. The highest BCUT2D eigenvalue weighted by Crippen LogP contribution is 2.25. The number of carbonyl (C=O) groups excluding carboxylic acids is 1. The third-order valence-corrected chi connectivity index (χ3v) is 5.02. The number of rotatable bonds is 4. The van der Waals surface area contributed by atoms with E-state index in [-0.39, 0.29) is 5.91 Å². The first-order chi connectivity index (χ1) is 10.6. The number of para-hydroxylation sites is 1. The van der Waals surface area contributed by atoms with Crippen molar-refractivity contribution in [2.24, 2.45) is 0 Å². The van der Waals surface area contributed by atoms with E-state index < -0.39 is 0 Å². The minimum Gasteiger partial charge on any atom is -0.488 e. The number of amides is 1. The number of hydrogen-bond donors (Lipinski definition) is 0. The lowest BCUT2D eigenvalue weighted by Gasteiger charge is -2.13. The molecular weight excluding hydrogens is 294 g/mol. The molecule has 1 aromatic carbocycles. The molecule has 3 nitrogen and oxygen atoms in total. The van der Waals surface area contributed by atoms with E-state index in [9.17, 15) is 4.79 Å². The van der Waals surface area contributed by atoms with Crippen LogP contribution in [0.1, 0.15) is 39.2 Å². The minimum absolute atomic E-state index is 0.167. The van der Waals surface area contributed by atoms with Crippen molar-refractivity contribution in [2.45, 2.75) is 33.3 Å². The Morgan fingerprint density at radius 3 is 2.59 bits per heavy atom. The summed E-state index contributed by atoms with van der Waals surface area (Å²) in [5, 5.41) is 2.02. The van der Waals surface area contributed by atoms with Crippen LogP contribution in [0.3, 0.4) is 0 Å². The number of aryl methyl sites for hydroxylation is 2. The molecule has 0 saturated carbocycles. The van der Waals surface area contributed by atoms with Crippen molar-refractivity contribution in [1.82, 2.24) is 4.90 Å². The van der Waals surface area contributed by atoms with E-state index in [0.717, 1.165) is 53.2 Å². The van der Waals surface area contributed by atoms with E-state index in [4.69, 9.17) is 4.74 Å². The largest absolute Gasteiger partial charge is 0.488 e. The Balaban J connectivity index is 1.66. The van der Waals surface area contributed by atoms with Crippen LogP contribution in [0.4, 0.5) is 0 Å². The SMILES string of the molecule is Cc1cccc(C)c1OCc1csc(C(=O)N2CCCC2)c1. The maximum Gasteiger partial charge on any atom is 0.263 e. The summed E-state index contributed by atoms with van der Waals surface area (Å²) in [4.78, 5) is 15.1. The normalized spacial score (nSPS) is 14.4. The number of thiophene rings is 1. The monoisotopic (exact) mass is 315 g/mol. The molecule has 0 unspecified atom stereocenters. The topological polar surface area (TPSA) is 29.5 Å². The van der Waals surface area contributed by atoms with E-state index in [2.05, 4.69) is 26.0 Å². The smallest absolute Gasteiger partial charge is 0.263 e. The molecule has 1 amide bonds. The van der Waals surface area contributed by atoms with Crippen LogP contribution in [0.25, 0.3) is 0 Å². The molecule has 1 aliphatic heterocycles. The van der Waals surface area contributed by atoms with Gasteiger partial charge in [0.05, 0.1) is 4.88 Å². The lowest BCUT2D eigenvalue weighted by atomic mass is 10.1. The Bertz CT molecular complexity index is 651. The zero-order valence-corrected chi connectivity index (χ0v) is 13.9. The quantitative estimate of drug-likeness (QED) is 0.847. The van der Waals surface area contributed by atoms with Crippen LogP contribution in [-0.4, -0.2) is 23.9 Å². The van der Waals surface area contributed by atoms with Crippen molar-refractivity contribution in [3.05, 3.63) is 51.2 Å². The number of hydrogen-bond acceptors (Lipinski definition) is 3. The van der Waals surface area contributed by atoms with E-state index in [1.807, 2.05) is 22.4 Å². The molecule has 0 aliphatic carbocycles. The third-order valence-electron chi connectivity index (χ3n) is 4.05. The maximum atomic E-state index is 12.3. The van der Waals surface area contributed by atoms with Gasteiger partial charge in [0.25, 0.3) is 5.91 Å². The summed E-state index contributed by atoms with van der Waals surface area (Å²) in [6.45, 7) is 6.40. The summed E-state index contributed by atoms with van der Waals surface area (Å²) in [6.07, 6.45) is 2.25. The van der Waals surface area contributed by atoms with Crippen LogP contribution >= 0.6 is 11.3 Å². The number of benzene rings is 1. The predicted octanol–water partition coefficient (Wildman–Crippen LogP) is 4.18. The molecule has 0 radical (unpaired) electrons. The molecule has 3 rings (SSSR count). The minimum atomic E-state index is 0.167. The van der Waals surface area contributed by atoms with Crippen molar-refractivity contribution in [3.63, 3.8) is 0 Å². The summed E-state index contributed by atoms with van der Waals surface area (Å²) in [6, 6.07) is 8.12. The standard InChI is InChI=1S/C18H21NO2S/c1-13-6-5-7-14(2)17(13)21-11-15-10-16(22-12-15)18(20)19-8-3-4-9-19/h5-7,10,12H,3-4,8-9,11H2,1-2H3. The van der Waals surface area contributed by atoms with E-state index >= 15 is 0 Å². The van der Waals surface area contributed by atoms with Crippen LogP contribution in [-0.2, 0) is 6.61 Å². The summed E-state index contributed by atoms with van der Waals surface area (Å²) < 4.78 is 5.95. The number of likely N-dealkylation sites (tertiary alicyclic amines) is 1. The Morgan fingerprint density at radius 1 is 1.23 bits per heavy atom. The van der Waals surface area contributed by atoms with Gasteiger partial charge >= 0.3 is 0 Å². The van der Waals surface area contributed by atoms with Gasteiger partial charge in [0, 0.05) is 18.7 Å². The second-order valence-electron chi connectivity index (χ2n) is 5.83. The molecule has 0 atom stereocenters. The second-order valence-corrected chi connectivity index (χ2v) is 6.74. The van der Waals surface area contributed by atoms with Crippen LogP contribution in [0.15, 0.2) is 29.6 Å². The fourth-order valence-electron chi connectivity index (χ4n) is 2.82. The first kappa shape index (κ1) is 15.1. The van der Waals surface area contributed by atoms with E-state index in [1.54, 1.807) is 0 Å². The van der Waals surface area contributed by atoms with E-state index in [0.29, 0.717) is 6.61 Å². The summed E-state index contributed by atoms with van der Waals surface area (Å²) >= 11 is 1.52. The first-order valence-electron chi connectivity index (χ1n) is 7.71. The number of ether oxygens (including phenoxy) is 1. The van der Waals surface area contributed by atoms with Crippen LogP contribution < -0.4 is 4.74 Å². The average Bonchev–Trinajstić information content (AvgIpc) is 3.18. The molecule has 2 aromatic rings. The van der Waals surface area contributed by atoms with Crippen LogP contribution in [0.2, 0.25) is 0 Å². The molecule has 1 aliphatic rings. The highest BCUT2D eigenvalue weighted by Gasteiger charge is 2.20. The Labute approximate surface area is 135 Å². The molecule has 116 valence electrons. The van der Waals surface area contributed by atoms with Gasteiger partial charge in [0.15, 0.2) is 0 Å². The van der Waals surface area contributed by atoms with Gasteiger partial charge in [-0.2, -0.15) is 0 Å². The maximum absolute atomic E-state index is 12.3. The molecule has 2 heterocycles. The Kier molecular flexibility index (Phi) is 4.48. The lowest BCUT2D eigenvalue weighted by Crippen LogP contribution is -2.26.